The quantitative estimate of drug-likeness (QED) is 0.719. The average Bonchev–Trinajstić information content (AvgIpc) is 2.26. The molecular weight excluding hydrogens is 202 g/mol. The first-order valence-corrected chi connectivity index (χ1v) is 4.60. The van der Waals surface area contributed by atoms with Crippen molar-refractivity contribution < 1.29 is 18.3 Å². The molecule has 15 heavy (non-hydrogen) atoms. The third-order valence-corrected chi connectivity index (χ3v) is 2.11. The third-order valence-electron chi connectivity index (χ3n) is 2.11. The Balaban J connectivity index is 3.33. The number of halogens is 2. The minimum absolute atomic E-state index is 0.00231. The summed E-state index contributed by atoms with van der Waals surface area (Å²) in [6.45, 7) is 1.63. The lowest BCUT2D eigenvalue weighted by molar-refractivity contribution is 0.0970. The summed E-state index contributed by atoms with van der Waals surface area (Å²) in [6, 6.07) is 4.21. The molecule has 0 heterocycles. The van der Waals surface area contributed by atoms with Gasteiger partial charge in [-0.3, -0.25) is 4.79 Å². The van der Waals surface area contributed by atoms with Gasteiger partial charge in [-0.25, -0.2) is 8.78 Å². The van der Waals surface area contributed by atoms with Gasteiger partial charge in [0.15, 0.2) is 5.78 Å². The van der Waals surface area contributed by atoms with Crippen molar-refractivity contribution in [2.75, 3.05) is 7.11 Å². The Morgan fingerprint density at radius 3 is 2.60 bits per heavy atom. The van der Waals surface area contributed by atoms with Crippen LogP contribution < -0.4 is 4.74 Å². The summed E-state index contributed by atoms with van der Waals surface area (Å²) in [6.07, 6.45) is -2.48. The predicted molar refractivity (Wildman–Crippen MR) is 52.6 cm³/mol. The number of ether oxygens (including phenoxy) is 1. The van der Waals surface area contributed by atoms with Crippen LogP contribution >= 0.6 is 0 Å². The molecule has 82 valence electrons. The molecule has 1 aromatic carbocycles. The van der Waals surface area contributed by atoms with E-state index in [1.54, 1.807) is 6.92 Å². The number of carbonyl (C=O) groups excluding carboxylic acids is 1. The zero-order chi connectivity index (χ0) is 11.4. The smallest absolute Gasteiger partial charge is 0.264 e. The summed E-state index contributed by atoms with van der Waals surface area (Å²) in [5, 5.41) is 0. The van der Waals surface area contributed by atoms with Crippen LogP contribution in [0.1, 0.15) is 35.7 Å². The Morgan fingerprint density at radius 1 is 1.47 bits per heavy atom. The summed E-state index contributed by atoms with van der Waals surface area (Å²) >= 11 is 0. The molecule has 0 fully saturated rings. The Kier molecular flexibility index (Phi) is 3.77. The van der Waals surface area contributed by atoms with Gasteiger partial charge in [-0.2, -0.15) is 0 Å². The van der Waals surface area contributed by atoms with Gasteiger partial charge in [0.25, 0.3) is 6.43 Å². The molecule has 0 bridgehead atoms. The molecule has 0 aromatic heterocycles. The highest BCUT2D eigenvalue weighted by molar-refractivity contribution is 6.00. The van der Waals surface area contributed by atoms with Crippen molar-refractivity contribution in [2.45, 2.75) is 19.8 Å². The highest BCUT2D eigenvalue weighted by atomic mass is 19.3. The maximum absolute atomic E-state index is 12.6. The fourth-order valence-electron chi connectivity index (χ4n) is 1.38. The van der Waals surface area contributed by atoms with E-state index < -0.39 is 6.43 Å². The number of methoxy groups -OCH3 is 1. The van der Waals surface area contributed by atoms with Gasteiger partial charge in [-0.15, -0.1) is 0 Å². The monoisotopic (exact) mass is 214 g/mol. The summed E-state index contributed by atoms with van der Waals surface area (Å²) < 4.78 is 30.2. The van der Waals surface area contributed by atoms with Gasteiger partial charge in [-0.1, -0.05) is 19.1 Å². The van der Waals surface area contributed by atoms with Crippen molar-refractivity contribution in [2.24, 2.45) is 0 Å². The van der Waals surface area contributed by atoms with Crippen LogP contribution in [0.3, 0.4) is 0 Å². The first kappa shape index (κ1) is 11.6. The summed E-state index contributed by atoms with van der Waals surface area (Å²) in [5.74, 6) is -0.123. The maximum Gasteiger partial charge on any atom is 0.264 e. The maximum atomic E-state index is 12.6. The number of hydrogen-bond donors (Lipinski definition) is 0. The minimum Gasteiger partial charge on any atom is -0.496 e. The summed E-state index contributed by atoms with van der Waals surface area (Å²) in [5.41, 5.74) is -0.265. The van der Waals surface area contributed by atoms with Crippen LogP contribution in [-0.4, -0.2) is 12.9 Å². The van der Waals surface area contributed by atoms with E-state index in [4.69, 9.17) is 4.74 Å². The van der Waals surface area contributed by atoms with Crippen LogP contribution in [0.2, 0.25) is 0 Å². The van der Waals surface area contributed by atoms with Gasteiger partial charge in [0.2, 0.25) is 0 Å². The number of benzene rings is 1. The Labute approximate surface area is 86.9 Å². The zero-order valence-electron chi connectivity index (χ0n) is 8.59. The SMILES string of the molecule is CCC(=O)c1c(OC)cccc1C(F)F. The molecule has 0 amide bonds. The van der Waals surface area contributed by atoms with Crippen LogP contribution in [0.15, 0.2) is 18.2 Å². The minimum atomic E-state index is -2.66. The lowest BCUT2D eigenvalue weighted by Crippen LogP contribution is -2.05. The highest BCUT2D eigenvalue weighted by Crippen LogP contribution is 2.30. The van der Waals surface area contributed by atoms with E-state index in [2.05, 4.69) is 0 Å². The lowest BCUT2D eigenvalue weighted by Gasteiger charge is -2.11. The standard InChI is InChI=1S/C11H12F2O2/c1-3-8(14)10-7(11(12)13)5-4-6-9(10)15-2/h4-6,11H,3H2,1-2H3. The Morgan fingerprint density at radius 2 is 2.13 bits per heavy atom. The van der Waals surface area contributed by atoms with Gasteiger partial charge in [0, 0.05) is 12.0 Å². The molecular formula is C11H12F2O2. The number of ketones is 1. The topological polar surface area (TPSA) is 26.3 Å². The van der Waals surface area contributed by atoms with Gasteiger partial charge < -0.3 is 4.74 Å². The van der Waals surface area contributed by atoms with Gasteiger partial charge in [0.05, 0.1) is 12.7 Å². The molecule has 0 aliphatic heterocycles. The number of carbonyl (C=O) groups is 1. The molecule has 0 aliphatic rings. The van der Waals surface area contributed by atoms with Crippen LogP contribution in [0, 0.1) is 0 Å². The highest BCUT2D eigenvalue weighted by Gasteiger charge is 2.20. The molecule has 0 unspecified atom stereocenters. The van der Waals surface area contributed by atoms with E-state index >= 15 is 0 Å². The number of alkyl halides is 2. The zero-order valence-corrected chi connectivity index (χ0v) is 8.59. The molecule has 0 N–H and O–H groups in total. The van der Waals surface area contributed by atoms with E-state index in [0.717, 1.165) is 0 Å². The average molecular weight is 214 g/mol. The van der Waals surface area contributed by atoms with E-state index in [1.807, 2.05) is 0 Å². The molecule has 1 aromatic rings. The number of hydrogen-bond acceptors (Lipinski definition) is 2. The fraction of sp³-hybridized carbons (Fsp3) is 0.364. The molecule has 0 radical (unpaired) electrons. The Hall–Kier alpha value is -1.45. The predicted octanol–water partition coefficient (Wildman–Crippen LogP) is 3.23. The molecule has 0 saturated carbocycles. The largest absolute Gasteiger partial charge is 0.496 e. The normalized spacial score (nSPS) is 10.5. The molecule has 0 atom stereocenters. The van der Waals surface area contributed by atoms with E-state index in [0.29, 0.717) is 0 Å². The fourth-order valence-corrected chi connectivity index (χ4v) is 1.38. The van der Waals surface area contributed by atoms with Crippen molar-refractivity contribution in [1.29, 1.82) is 0 Å². The first-order chi connectivity index (χ1) is 7.11. The molecule has 2 nitrogen and oxygen atoms in total. The van der Waals surface area contributed by atoms with Crippen molar-refractivity contribution in [3.05, 3.63) is 29.3 Å². The summed E-state index contributed by atoms with van der Waals surface area (Å²) in [4.78, 5) is 11.5. The number of rotatable bonds is 4. The summed E-state index contributed by atoms with van der Waals surface area (Å²) in [7, 11) is 1.36. The van der Waals surface area contributed by atoms with Crippen molar-refractivity contribution in [3.8, 4) is 5.75 Å². The van der Waals surface area contributed by atoms with Crippen molar-refractivity contribution in [1.82, 2.24) is 0 Å². The third kappa shape index (κ3) is 2.32. The van der Waals surface area contributed by atoms with E-state index in [9.17, 15) is 13.6 Å². The number of Topliss-reactive ketones (excluding diaryl/α,β-unsaturated/α-hetero) is 1. The molecule has 0 saturated heterocycles. The van der Waals surface area contributed by atoms with Gasteiger partial charge >= 0.3 is 0 Å². The van der Waals surface area contributed by atoms with Crippen LogP contribution in [0.5, 0.6) is 5.75 Å². The van der Waals surface area contributed by atoms with Crippen molar-refractivity contribution in [3.63, 3.8) is 0 Å². The van der Waals surface area contributed by atoms with Gasteiger partial charge in [-0.05, 0) is 6.07 Å². The van der Waals surface area contributed by atoms with Crippen LogP contribution in [-0.2, 0) is 0 Å². The molecule has 1 rings (SSSR count). The van der Waals surface area contributed by atoms with Crippen LogP contribution in [0.25, 0.3) is 0 Å². The van der Waals surface area contributed by atoms with E-state index in [1.165, 1.54) is 25.3 Å². The molecule has 0 aliphatic carbocycles. The van der Waals surface area contributed by atoms with Crippen LogP contribution in [0.4, 0.5) is 8.78 Å². The second-order valence-corrected chi connectivity index (χ2v) is 3.00. The second kappa shape index (κ2) is 4.87. The molecule has 4 heteroatoms. The van der Waals surface area contributed by atoms with Crippen molar-refractivity contribution >= 4 is 5.78 Å². The second-order valence-electron chi connectivity index (χ2n) is 3.00. The lowest BCUT2D eigenvalue weighted by atomic mass is 10.0. The van der Waals surface area contributed by atoms with Gasteiger partial charge in [0.1, 0.15) is 5.75 Å². The molecule has 0 spiro atoms. The first-order valence-electron chi connectivity index (χ1n) is 4.60. The Bertz CT molecular complexity index is 362. The van der Waals surface area contributed by atoms with E-state index in [-0.39, 0.29) is 29.1 Å².